The van der Waals surface area contributed by atoms with E-state index in [4.69, 9.17) is 0 Å². The maximum Gasteiger partial charge on any atom is 0.253 e. The van der Waals surface area contributed by atoms with Crippen molar-refractivity contribution in [1.82, 2.24) is 30.4 Å². The number of H-pyrrole nitrogens is 1. The minimum atomic E-state index is -0.0489. The third-order valence-electron chi connectivity index (χ3n) is 4.90. The number of tetrazole rings is 1. The van der Waals surface area contributed by atoms with Crippen LogP contribution in [0.15, 0.2) is 59.1 Å². The van der Waals surface area contributed by atoms with Gasteiger partial charge in [0.1, 0.15) is 0 Å². The van der Waals surface area contributed by atoms with Crippen LogP contribution in [-0.4, -0.2) is 68.4 Å². The van der Waals surface area contributed by atoms with Crippen molar-refractivity contribution in [3.05, 3.63) is 70.2 Å². The summed E-state index contributed by atoms with van der Waals surface area (Å²) in [6, 6.07) is 14.9. The number of nitrogens with one attached hydrogen (secondary N) is 1. The number of carbonyl (C=O) groups is 2. The molecular formula is C21H19BrN6O2. The van der Waals surface area contributed by atoms with Crippen LogP contribution in [0.2, 0.25) is 0 Å². The molecule has 2 aromatic carbocycles. The Labute approximate surface area is 181 Å². The molecule has 0 radical (unpaired) electrons. The molecule has 30 heavy (non-hydrogen) atoms. The SMILES string of the molecule is O=C(/C=C/c1ccc(Br)cc1)N1CCN(C(=O)c2ccc(-c3nn[nH]n3)cc2)CC1. The molecule has 0 saturated carbocycles. The monoisotopic (exact) mass is 466 g/mol. The van der Waals surface area contributed by atoms with Gasteiger partial charge in [-0.1, -0.05) is 40.2 Å². The van der Waals surface area contributed by atoms with E-state index in [0.29, 0.717) is 37.6 Å². The first-order valence-electron chi connectivity index (χ1n) is 9.46. The van der Waals surface area contributed by atoms with Crippen molar-refractivity contribution < 1.29 is 9.59 Å². The van der Waals surface area contributed by atoms with Gasteiger partial charge in [0.05, 0.1) is 0 Å². The Bertz CT molecular complexity index is 1040. The van der Waals surface area contributed by atoms with Gasteiger partial charge in [-0.25, -0.2) is 0 Å². The quantitative estimate of drug-likeness (QED) is 0.596. The number of piperazine rings is 1. The van der Waals surface area contributed by atoms with E-state index in [1.807, 2.05) is 24.3 Å². The Balaban J connectivity index is 1.32. The maximum atomic E-state index is 12.8. The van der Waals surface area contributed by atoms with Crippen molar-refractivity contribution in [2.75, 3.05) is 26.2 Å². The van der Waals surface area contributed by atoms with Crippen molar-refractivity contribution in [2.45, 2.75) is 0 Å². The number of carbonyl (C=O) groups excluding carboxylic acids is 2. The van der Waals surface area contributed by atoms with E-state index >= 15 is 0 Å². The number of rotatable bonds is 4. The van der Waals surface area contributed by atoms with Crippen LogP contribution in [0.1, 0.15) is 15.9 Å². The van der Waals surface area contributed by atoms with E-state index < -0.39 is 0 Å². The molecule has 1 aromatic heterocycles. The highest BCUT2D eigenvalue weighted by Gasteiger charge is 2.24. The van der Waals surface area contributed by atoms with E-state index in [-0.39, 0.29) is 11.8 Å². The molecule has 4 rings (SSSR count). The van der Waals surface area contributed by atoms with Crippen LogP contribution in [0.3, 0.4) is 0 Å². The molecule has 0 unspecified atom stereocenters. The molecule has 1 aliphatic rings. The van der Waals surface area contributed by atoms with Crippen molar-refractivity contribution in [3.63, 3.8) is 0 Å². The van der Waals surface area contributed by atoms with Crippen molar-refractivity contribution in [2.24, 2.45) is 0 Å². The largest absolute Gasteiger partial charge is 0.336 e. The van der Waals surface area contributed by atoms with E-state index in [1.54, 1.807) is 46.2 Å². The molecule has 0 spiro atoms. The molecular weight excluding hydrogens is 448 g/mol. The summed E-state index contributed by atoms with van der Waals surface area (Å²) in [5.74, 6) is 0.388. The second kappa shape index (κ2) is 9.00. The van der Waals surface area contributed by atoms with Crippen LogP contribution in [0, 0.1) is 0 Å². The molecule has 1 saturated heterocycles. The second-order valence-electron chi connectivity index (χ2n) is 6.82. The molecule has 1 N–H and O–H groups in total. The van der Waals surface area contributed by atoms with Crippen molar-refractivity contribution in [3.8, 4) is 11.4 Å². The number of aromatic nitrogens is 4. The van der Waals surface area contributed by atoms with Gasteiger partial charge in [-0.2, -0.15) is 5.21 Å². The molecule has 0 bridgehead atoms. The maximum absolute atomic E-state index is 12.8. The summed E-state index contributed by atoms with van der Waals surface area (Å²) < 4.78 is 0.996. The fourth-order valence-corrected chi connectivity index (χ4v) is 3.47. The minimum Gasteiger partial charge on any atom is -0.336 e. The average Bonchev–Trinajstić information content (AvgIpc) is 3.33. The fourth-order valence-electron chi connectivity index (χ4n) is 3.21. The number of aromatic amines is 1. The molecule has 0 aliphatic carbocycles. The zero-order valence-electron chi connectivity index (χ0n) is 16.0. The van der Waals surface area contributed by atoms with Crippen LogP contribution >= 0.6 is 15.9 Å². The van der Waals surface area contributed by atoms with E-state index in [2.05, 4.69) is 36.6 Å². The number of halogens is 1. The van der Waals surface area contributed by atoms with Gasteiger partial charge in [0.25, 0.3) is 5.91 Å². The zero-order chi connectivity index (χ0) is 20.9. The normalized spacial score (nSPS) is 14.3. The molecule has 9 heteroatoms. The van der Waals surface area contributed by atoms with Crippen molar-refractivity contribution >= 4 is 33.8 Å². The van der Waals surface area contributed by atoms with Gasteiger partial charge in [0.15, 0.2) is 0 Å². The standard InChI is InChI=1S/C21H19BrN6O2/c22-18-8-1-15(2-9-18)3-10-19(29)27-11-13-28(14-12-27)21(30)17-6-4-16(5-7-17)20-23-25-26-24-20/h1-10H,11-14H2,(H,23,24,25,26)/b10-3+. The van der Waals surface area contributed by atoms with Gasteiger partial charge >= 0.3 is 0 Å². The Morgan fingerprint density at radius 3 is 2.23 bits per heavy atom. The van der Waals surface area contributed by atoms with Gasteiger partial charge in [-0.3, -0.25) is 9.59 Å². The van der Waals surface area contributed by atoms with Gasteiger partial charge in [-0.05, 0) is 41.1 Å². The summed E-state index contributed by atoms with van der Waals surface area (Å²) in [6.45, 7) is 2.03. The van der Waals surface area contributed by atoms with Gasteiger partial charge < -0.3 is 9.80 Å². The highest BCUT2D eigenvalue weighted by Crippen LogP contribution is 2.16. The summed E-state index contributed by atoms with van der Waals surface area (Å²) >= 11 is 3.39. The Kier molecular flexibility index (Phi) is 5.99. The lowest BCUT2D eigenvalue weighted by Crippen LogP contribution is -2.50. The first-order valence-corrected chi connectivity index (χ1v) is 10.3. The number of benzene rings is 2. The van der Waals surface area contributed by atoms with E-state index in [9.17, 15) is 9.59 Å². The second-order valence-corrected chi connectivity index (χ2v) is 7.73. The van der Waals surface area contributed by atoms with Crippen molar-refractivity contribution in [1.29, 1.82) is 0 Å². The molecule has 1 aliphatic heterocycles. The number of nitrogens with zero attached hydrogens (tertiary/aromatic N) is 5. The first-order chi connectivity index (χ1) is 14.6. The lowest BCUT2D eigenvalue weighted by molar-refractivity contribution is -0.127. The number of hydrogen-bond donors (Lipinski definition) is 1. The minimum absolute atomic E-state index is 0.0468. The van der Waals surface area contributed by atoms with E-state index in [1.165, 1.54) is 0 Å². The predicted octanol–water partition coefficient (Wildman–Crippen LogP) is 2.63. The molecule has 3 aromatic rings. The summed E-state index contributed by atoms with van der Waals surface area (Å²) in [6.07, 6.45) is 3.38. The summed E-state index contributed by atoms with van der Waals surface area (Å²) in [5, 5.41) is 13.8. The average molecular weight is 467 g/mol. The van der Waals surface area contributed by atoms with Crippen LogP contribution in [0.4, 0.5) is 0 Å². The van der Waals surface area contributed by atoms with Crippen LogP contribution in [0.5, 0.6) is 0 Å². The summed E-state index contributed by atoms with van der Waals surface area (Å²) in [7, 11) is 0. The molecule has 152 valence electrons. The molecule has 2 amide bonds. The summed E-state index contributed by atoms with van der Waals surface area (Å²) in [4.78, 5) is 28.7. The molecule has 1 fully saturated rings. The van der Waals surface area contributed by atoms with E-state index in [0.717, 1.165) is 15.6 Å². The lowest BCUT2D eigenvalue weighted by atomic mass is 10.1. The first kappa shape index (κ1) is 20.0. The molecule has 8 nitrogen and oxygen atoms in total. The number of amides is 2. The fraction of sp³-hybridized carbons (Fsp3) is 0.190. The molecule has 0 atom stereocenters. The van der Waals surface area contributed by atoms with Gasteiger partial charge in [0, 0.05) is 47.9 Å². The van der Waals surface area contributed by atoms with Crippen LogP contribution in [0.25, 0.3) is 17.5 Å². The summed E-state index contributed by atoms with van der Waals surface area (Å²) in [5.41, 5.74) is 2.34. The Hall–Kier alpha value is -3.33. The number of hydrogen-bond acceptors (Lipinski definition) is 5. The third-order valence-corrected chi connectivity index (χ3v) is 5.43. The lowest BCUT2D eigenvalue weighted by Gasteiger charge is -2.34. The third kappa shape index (κ3) is 4.62. The predicted molar refractivity (Wildman–Crippen MR) is 115 cm³/mol. The van der Waals surface area contributed by atoms with Crippen LogP contribution in [-0.2, 0) is 4.79 Å². The van der Waals surface area contributed by atoms with Crippen LogP contribution < -0.4 is 0 Å². The van der Waals surface area contributed by atoms with Gasteiger partial charge in [-0.15, -0.1) is 10.2 Å². The zero-order valence-corrected chi connectivity index (χ0v) is 17.6. The Morgan fingerprint density at radius 2 is 1.60 bits per heavy atom. The highest BCUT2D eigenvalue weighted by molar-refractivity contribution is 9.10. The topological polar surface area (TPSA) is 95.1 Å². The molecule has 2 heterocycles. The smallest absolute Gasteiger partial charge is 0.253 e. The highest BCUT2D eigenvalue weighted by atomic mass is 79.9. The Morgan fingerprint density at radius 1 is 0.933 bits per heavy atom. The van der Waals surface area contributed by atoms with Gasteiger partial charge in [0.2, 0.25) is 11.7 Å².